The standard InChI is InChI=1S/C23H21N5O4S/c1-2-32-21-11-4-3-10-19(21)27-22(17-8-6-12-24-14-17)25-26-23(27)33-15-20(29)16-7-5-9-18(13-16)28(30)31/h3-14,28,30H,2,15H2,1H3. The number of ether oxygens (including phenoxy) is 1. The molecule has 0 saturated heterocycles. The minimum absolute atomic E-state index is 0.0606. The van der Waals surface area contributed by atoms with Gasteiger partial charge < -0.3 is 9.94 Å². The maximum absolute atomic E-state index is 12.8. The number of thioether (sulfide) groups is 1. The molecule has 33 heavy (non-hydrogen) atoms. The van der Waals surface area contributed by atoms with E-state index in [2.05, 4.69) is 15.2 Å². The van der Waals surface area contributed by atoms with E-state index in [4.69, 9.17) is 4.74 Å². The van der Waals surface area contributed by atoms with Crippen molar-refractivity contribution in [2.24, 2.45) is 0 Å². The maximum Gasteiger partial charge on any atom is 0.196 e. The number of Topliss-reactive ketones (excluding diaryl/α,β-unsaturated/α-hetero) is 1. The molecule has 1 unspecified atom stereocenters. The third kappa shape index (κ3) is 5.10. The molecule has 0 aliphatic heterocycles. The van der Waals surface area contributed by atoms with Gasteiger partial charge in [0.25, 0.3) is 0 Å². The van der Waals surface area contributed by atoms with Crippen LogP contribution in [0.5, 0.6) is 5.75 Å². The molecular weight excluding hydrogens is 442 g/mol. The molecule has 0 aliphatic rings. The second-order valence-electron chi connectivity index (χ2n) is 6.88. The van der Waals surface area contributed by atoms with E-state index in [-0.39, 0.29) is 17.2 Å². The second-order valence-corrected chi connectivity index (χ2v) is 7.82. The molecule has 2 aromatic carbocycles. The summed E-state index contributed by atoms with van der Waals surface area (Å²) in [5.74, 6) is 1.08. The molecule has 4 aromatic rings. The van der Waals surface area contributed by atoms with Gasteiger partial charge in [-0.15, -0.1) is 10.2 Å². The molecule has 168 valence electrons. The van der Waals surface area contributed by atoms with E-state index < -0.39 is 5.23 Å². The number of pyridine rings is 1. The first kappa shape index (κ1) is 22.6. The van der Waals surface area contributed by atoms with E-state index in [1.54, 1.807) is 24.5 Å². The molecule has 1 atom stereocenters. The fourth-order valence-electron chi connectivity index (χ4n) is 3.22. The molecule has 10 heteroatoms. The summed E-state index contributed by atoms with van der Waals surface area (Å²) in [4.78, 5) is 17.0. The number of para-hydroxylation sites is 2. The van der Waals surface area contributed by atoms with Crippen molar-refractivity contribution in [1.29, 1.82) is 0 Å². The van der Waals surface area contributed by atoms with Gasteiger partial charge in [-0.3, -0.25) is 14.3 Å². The highest BCUT2D eigenvalue weighted by molar-refractivity contribution is 7.99. The number of carbonyl (C=O) groups is 1. The van der Waals surface area contributed by atoms with Crippen molar-refractivity contribution >= 4 is 23.2 Å². The number of rotatable bonds is 9. The first-order valence-electron chi connectivity index (χ1n) is 10.2. The summed E-state index contributed by atoms with van der Waals surface area (Å²) in [5, 5.41) is 28.5. The highest BCUT2D eigenvalue weighted by atomic mass is 32.2. The van der Waals surface area contributed by atoms with Gasteiger partial charge in [-0.05, 0) is 31.2 Å². The van der Waals surface area contributed by atoms with Crippen LogP contribution in [-0.4, -0.2) is 43.1 Å². The van der Waals surface area contributed by atoms with Gasteiger partial charge in [-0.25, -0.2) is 5.21 Å². The Hall–Kier alpha value is -3.57. The number of hydrogen-bond acceptors (Lipinski definition) is 8. The van der Waals surface area contributed by atoms with Crippen molar-refractivity contribution in [2.45, 2.75) is 12.1 Å². The molecule has 2 aromatic heterocycles. The largest absolute Gasteiger partial charge is 0.595 e. The molecule has 9 nitrogen and oxygen atoms in total. The molecule has 0 amide bonds. The Balaban J connectivity index is 1.69. The zero-order chi connectivity index (χ0) is 23.2. The first-order chi connectivity index (χ1) is 16.1. The van der Waals surface area contributed by atoms with Crippen LogP contribution in [0.15, 0.2) is 78.2 Å². The van der Waals surface area contributed by atoms with Crippen molar-refractivity contribution in [3.63, 3.8) is 0 Å². The van der Waals surface area contributed by atoms with Crippen LogP contribution < -0.4 is 9.96 Å². The monoisotopic (exact) mass is 463 g/mol. The SMILES string of the molecule is CCOc1ccccc1-n1c(SCC(=O)c2cccc([NH+]([O-])O)c2)nnc1-c1cccnc1. The lowest BCUT2D eigenvalue weighted by molar-refractivity contribution is -0.991. The highest BCUT2D eigenvalue weighted by Crippen LogP contribution is 2.32. The summed E-state index contributed by atoms with van der Waals surface area (Å²) >= 11 is 1.22. The van der Waals surface area contributed by atoms with Gasteiger partial charge in [0.15, 0.2) is 22.5 Å². The van der Waals surface area contributed by atoms with Gasteiger partial charge in [0.2, 0.25) is 0 Å². The average Bonchev–Trinajstić information content (AvgIpc) is 3.27. The summed E-state index contributed by atoms with van der Waals surface area (Å²) in [6.07, 6.45) is 3.37. The number of aromatic nitrogens is 4. The van der Waals surface area contributed by atoms with E-state index in [0.717, 1.165) is 11.3 Å². The van der Waals surface area contributed by atoms with Crippen molar-refractivity contribution in [3.05, 3.63) is 83.8 Å². The zero-order valence-electron chi connectivity index (χ0n) is 17.7. The van der Waals surface area contributed by atoms with Gasteiger partial charge >= 0.3 is 0 Å². The lowest BCUT2D eigenvalue weighted by atomic mass is 10.1. The molecule has 4 rings (SSSR count). The third-order valence-corrected chi connectivity index (χ3v) is 5.65. The van der Waals surface area contributed by atoms with Crippen LogP contribution in [0.25, 0.3) is 17.1 Å². The van der Waals surface area contributed by atoms with Crippen molar-refractivity contribution in [3.8, 4) is 22.8 Å². The summed E-state index contributed by atoms with van der Waals surface area (Å²) in [7, 11) is 0. The van der Waals surface area contributed by atoms with Gasteiger partial charge in [0.05, 0.1) is 18.0 Å². The Morgan fingerprint density at radius 3 is 2.76 bits per heavy atom. The van der Waals surface area contributed by atoms with Gasteiger partial charge in [-0.1, -0.05) is 36.0 Å². The van der Waals surface area contributed by atoms with Crippen LogP contribution in [0.2, 0.25) is 0 Å². The summed E-state index contributed by atoms with van der Waals surface area (Å²) < 4.78 is 7.65. The van der Waals surface area contributed by atoms with Gasteiger partial charge in [0.1, 0.15) is 5.75 Å². The number of ketones is 1. The minimum Gasteiger partial charge on any atom is -0.595 e. The van der Waals surface area contributed by atoms with E-state index in [1.807, 2.05) is 47.9 Å². The lowest BCUT2D eigenvalue weighted by Crippen LogP contribution is -2.99. The molecule has 0 radical (unpaired) electrons. The maximum atomic E-state index is 12.8. The average molecular weight is 464 g/mol. The van der Waals surface area contributed by atoms with Crippen LogP contribution in [0.1, 0.15) is 17.3 Å². The Kier molecular flexibility index (Phi) is 7.10. The summed E-state index contributed by atoms with van der Waals surface area (Å²) in [6.45, 7) is 2.40. The van der Waals surface area contributed by atoms with Crippen LogP contribution in [0.4, 0.5) is 5.69 Å². The molecule has 0 saturated carbocycles. The lowest BCUT2D eigenvalue weighted by Gasteiger charge is -2.15. The molecular formula is C23H21N5O4S. The number of nitrogens with zero attached hydrogens (tertiary/aromatic N) is 4. The van der Waals surface area contributed by atoms with E-state index in [0.29, 0.717) is 28.9 Å². The van der Waals surface area contributed by atoms with E-state index in [1.165, 1.54) is 23.9 Å². The summed E-state index contributed by atoms with van der Waals surface area (Å²) in [6, 6.07) is 17.2. The Labute approximate surface area is 194 Å². The van der Waals surface area contributed by atoms with Crippen molar-refractivity contribution < 1.29 is 20.0 Å². The smallest absolute Gasteiger partial charge is 0.196 e. The Morgan fingerprint density at radius 1 is 1.15 bits per heavy atom. The van der Waals surface area contributed by atoms with Gasteiger partial charge in [-0.2, -0.15) is 5.23 Å². The third-order valence-electron chi connectivity index (χ3n) is 4.72. The topological polar surface area (TPSA) is 118 Å². The number of benzene rings is 2. The van der Waals surface area contributed by atoms with E-state index >= 15 is 0 Å². The molecule has 0 spiro atoms. The van der Waals surface area contributed by atoms with Crippen molar-refractivity contribution in [2.75, 3.05) is 12.4 Å². The Bertz CT molecular complexity index is 1250. The number of hydrogen-bond donors (Lipinski definition) is 2. The normalized spacial score (nSPS) is 11.8. The number of carbonyl (C=O) groups excluding carboxylic acids is 1. The zero-order valence-corrected chi connectivity index (χ0v) is 18.5. The number of quaternary nitrogens is 1. The second kappa shape index (κ2) is 10.4. The molecule has 2 heterocycles. The van der Waals surface area contributed by atoms with Gasteiger partial charge in [0, 0.05) is 35.7 Å². The fourth-order valence-corrected chi connectivity index (χ4v) is 4.06. The van der Waals surface area contributed by atoms with Crippen LogP contribution in [-0.2, 0) is 0 Å². The predicted molar refractivity (Wildman–Crippen MR) is 123 cm³/mol. The quantitative estimate of drug-likeness (QED) is 0.221. The fraction of sp³-hybridized carbons (Fsp3) is 0.130. The predicted octanol–water partition coefficient (Wildman–Crippen LogP) is 3.11. The molecule has 0 bridgehead atoms. The highest BCUT2D eigenvalue weighted by Gasteiger charge is 2.20. The molecule has 0 aliphatic carbocycles. The van der Waals surface area contributed by atoms with Crippen molar-refractivity contribution in [1.82, 2.24) is 19.7 Å². The van der Waals surface area contributed by atoms with Crippen LogP contribution in [0, 0.1) is 5.21 Å². The molecule has 2 N–H and O–H groups in total. The van der Waals surface area contributed by atoms with Crippen LogP contribution in [0.3, 0.4) is 0 Å². The number of nitrogens with one attached hydrogen (secondary N) is 1. The van der Waals surface area contributed by atoms with Crippen LogP contribution >= 0.6 is 11.8 Å². The Morgan fingerprint density at radius 2 is 2.00 bits per heavy atom. The van der Waals surface area contributed by atoms with E-state index in [9.17, 15) is 15.2 Å². The summed E-state index contributed by atoms with van der Waals surface area (Å²) in [5.41, 5.74) is 1.91. The minimum atomic E-state index is -1.08. The molecule has 0 fully saturated rings. The first-order valence-corrected chi connectivity index (χ1v) is 11.1.